The zero-order chi connectivity index (χ0) is 29.2. The summed E-state index contributed by atoms with van der Waals surface area (Å²) < 4.78 is 27.5. The molecular formula is C34H34FN3O3S. The van der Waals surface area contributed by atoms with Crippen LogP contribution in [0.4, 0.5) is 4.39 Å². The van der Waals surface area contributed by atoms with E-state index in [2.05, 4.69) is 4.57 Å². The highest BCUT2D eigenvalue weighted by atomic mass is 32.1. The lowest BCUT2D eigenvalue weighted by Gasteiger charge is -2.25. The summed E-state index contributed by atoms with van der Waals surface area (Å²) in [5.41, 5.74) is 5.03. The van der Waals surface area contributed by atoms with Crippen LogP contribution in [0.25, 0.3) is 33.7 Å². The van der Waals surface area contributed by atoms with Crippen molar-refractivity contribution in [2.45, 2.75) is 65.0 Å². The molecule has 1 aliphatic carbocycles. The van der Waals surface area contributed by atoms with Gasteiger partial charge in [0.15, 0.2) is 0 Å². The predicted molar refractivity (Wildman–Crippen MR) is 165 cm³/mol. The van der Waals surface area contributed by atoms with Gasteiger partial charge in [0.2, 0.25) is 0 Å². The first kappa shape index (κ1) is 28.1. The van der Waals surface area contributed by atoms with Gasteiger partial charge in [-0.3, -0.25) is 0 Å². The Balaban J connectivity index is 1.30. The summed E-state index contributed by atoms with van der Waals surface area (Å²) in [5.74, 6) is 1.04. The Labute approximate surface area is 249 Å². The summed E-state index contributed by atoms with van der Waals surface area (Å²) in [7, 11) is 0. The largest absolute Gasteiger partial charge is 0.485 e. The van der Waals surface area contributed by atoms with Crippen LogP contribution >= 0.6 is 11.3 Å². The van der Waals surface area contributed by atoms with Crippen LogP contribution in [0.15, 0.2) is 66.7 Å². The maximum Gasteiger partial charge on any atom is 0.338 e. The molecule has 1 atom stereocenters. The molecule has 1 aliphatic rings. The van der Waals surface area contributed by atoms with Crippen molar-refractivity contribution in [1.82, 2.24) is 14.5 Å². The fourth-order valence-corrected chi connectivity index (χ4v) is 6.76. The number of nitrogens with zero attached hydrogens (tertiary/aromatic N) is 3. The van der Waals surface area contributed by atoms with E-state index in [4.69, 9.17) is 19.4 Å². The van der Waals surface area contributed by atoms with Crippen molar-refractivity contribution in [2.24, 2.45) is 0 Å². The van der Waals surface area contributed by atoms with Gasteiger partial charge < -0.3 is 14.0 Å². The van der Waals surface area contributed by atoms with E-state index >= 15 is 0 Å². The van der Waals surface area contributed by atoms with E-state index in [9.17, 15) is 9.18 Å². The smallest absolute Gasteiger partial charge is 0.338 e. The first-order valence-electron chi connectivity index (χ1n) is 14.6. The van der Waals surface area contributed by atoms with Crippen LogP contribution in [0.2, 0.25) is 0 Å². The number of esters is 1. The van der Waals surface area contributed by atoms with Crippen molar-refractivity contribution in [3.05, 3.63) is 88.0 Å². The van der Waals surface area contributed by atoms with E-state index in [1.165, 1.54) is 31.4 Å². The number of hydrogen-bond acceptors (Lipinski definition) is 6. The van der Waals surface area contributed by atoms with Gasteiger partial charge in [0.05, 0.1) is 38.8 Å². The lowest BCUT2D eigenvalue weighted by molar-refractivity contribution is 0.0526. The molecule has 5 aromatic rings. The molecule has 0 saturated heterocycles. The number of fused-ring (bicyclic) bond motifs is 1. The van der Waals surface area contributed by atoms with Crippen molar-refractivity contribution in [3.63, 3.8) is 0 Å². The van der Waals surface area contributed by atoms with E-state index < -0.39 is 0 Å². The van der Waals surface area contributed by atoms with Gasteiger partial charge in [-0.2, -0.15) is 0 Å². The van der Waals surface area contributed by atoms with Crippen LogP contribution in [0.1, 0.15) is 78.3 Å². The molecule has 0 bridgehead atoms. The molecule has 2 aromatic heterocycles. The number of ether oxygens (including phenoxy) is 2. The van der Waals surface area contributed by atoms with Crippen LogP contribution in [0.3, 0.4) is 0 Å². The fourth-order valence-electron chi connectivity index (χ4n) is 5.83. The third kappa shape index (κ3) is 5.68. The molecule has 0 radical (unpaired) electrons. The molecule has 8 heteroatoms. The Kier molecular flexibility index (Phi) is 8.07. The Morgan fingerprint density at radius 2 is 1.71 bits per heavy atom. The van der Waals surface area contributed by atoms with Gasteiger partial charge in [-0.05, 0) is 100 Å². The van der Waals surface area contributed by atoms with Crippen LogP contribution < -0.4 is 4.74 Å². The summed E-state index contributed by atoms with van der Waals surface area (Å²) in [6.45, 7) is 6.12. The number of hydrogen-bond donors (Lipinski definition) is 0. The van der Waals surface area contributed by atoms with E-state index in [1.54, 1.807) is 23.5 Å². The number of carbonyl (C=O) groups is 1. The second-order valence-corrected chi connectivity index (χ2v) is 12.0. The molecule has 1 saturated carbocycles. The maximum atomic E-state index is 13.5. The topological polar surface area (TPSA) is 66.2 Å². The summed E-state index contributed by atoms with van der Waals surface area (Å²) in [6, 6.07) is 20.5. The first-order chi connectivity index (χ1) is 20.4. The second kappa shape index (κ2) is 12.1. The summed E-state index contributed by atoms with van der Waals surface area (Å²) in [6.07, 6.45) is 5.65. The lowest BCUT2D eigenvalue weighted by Crippen LogP contribution is -2.14. The highest BCUT2D eigenvalue weighted by molar-refractivity contribution is 7.12. The Morgan fingerprint density at radius 3 is 2.43 bits per heavy atom. The standard InChI is InChI=1S/C34H34FN3O3S/c1-4-40-34(39)25-14-19-30-29(20-25)37-33(38(30)27-8-6-5-7-9-27)24-12-17-28(18-13-24)41-21(2)32-31(36-22(3)42-32)23-10-15-26(35)16-11-23/h10-21,27H,4-9H2,1-3H3. The molecule has 216 valence electrons. The Morgan fingerprint density at radius 1 is 1.00 bits per heavy atom. The van der Waals surface area contributed by atoms with Crippen LogP contribution in [-0.2, 0) is 4.74 Å². The second-order valence-electron chi connectivity index (χ2n) is 10.8. The number of thiazole rings is 1. The number of aryl methyl sites for hydroxylation is 1. The first-order valence-corrected chi connectivity index (χ1v) is 15.4. The van der Waals surface area contributed by atoms with Gasteiger partial charge >= 0.3 is 5.97 Å². The van der Waals surface area contributed by atoms with Gasteiger partial charge in [0.25, 0.3) is 0 Å². The molecular weight excluding hydrogens is 549 g/mol. The minimum atomic E-state index is -0.331. The van der Waals surface area contributed by atoms with Crippen LogP contribution in [0.5, 0.6) is 5.75 Å². The molecule has 1 unspecified atom stereocenters. The third-order valence-electron chi connectivity index (χ3n) is 7.81. The van der Waals surface area contributed by atoms with Gasteiger partial charge in [0, 0.05) is 17.2 Å². The Hall–Kier alpha value is -4.04. The minimum Gasteiger partial charge on any atom is -0.485 e. The van der Waals surface area contributed by atoms with Gasteiger partial charge in [-0.1, -0.05) is 19.3 Å². The molecule has 0 N–H and O–H groups in total. The van der Waals surface area contributed by atoms with Gasteiger partial charge in [0.1, 0.15) is 23.5 Å². The molecule has 1 fully saturated rings. The van der Waals surface area contributed by atoms with Crippen molar-refractivity contribution < 1.29 is 18.7 Å². The van der Waals surface area contributed by atoms with Crippen LogP contribution in [-0.4, -0.2) is 27.1 Å². The van der Waals surface area contributed by atoms with Crippen molar-refractivity contribution in [3.8, 4) is 28.4 Å². The summed E-state index contributed by atoms with van der Waals surface area (Å²) in [4.78, 5) is 23.1. The molecule has 0 amide bonds. The fraction of sp³-hybridized carbons (Fsp3) is 0.324. The van der Waals surface area contributed by atoms with Crippen molar-refractivity contribution in [1.29, 1.82) is 0 Å². The quantitative estimate of drug-likeness (QED) is 0.171. The monoisotopic (exact) mass is 583 g/mol. The SMILES string of the molecule is CCOC(=O)c1ccc2c(c1)nc(-c1ccc(OC(C)c3sc(C)nc3-c3ccc(F)cc3)cc1)n2C1CCCCC1. The molecule has 0 aliphatic heterocycles. The molecule has 6 rings (SSSR count). The molecule has 42 heavy (non-hydrogen) atoms. The third-order valence-corrected chi connectivity index (χ3v) is 8.94. The molecule has 6 nitrogen and oxygen atoms in total. The van der Waals surface area contributed by atoms with Gasteiger partial charge in [-0.15, -0.1) is 11.3 Å². The number of carbonyl (C=O) groups excluding carboxylic acids is 1. The number of benzene rings is 3. The number of rotatable bonds is 8. The van der Waals surface area contributed by atoms with Crippen molar-refractivity contribution >= 4 is 28.3 Å². The van der Waals surface area contributed by atoms with E-state index in [1.807, 2.05) is 63.2 Å². The summed E-state index contributed by atoms with van der Waals surface area (Å²) in [5, 5.41) is 0.933. The molecule has 2 heterocycles. The average molecular weight is 584 g/mol. The lowest BCUT2D eigenvalue weighted by atomic mass is 9.95. The highest BCUT2D eigenvalue weighted by Gasteiger charge is 2.24. The van der Waals surface area contributed by atoms with Crippen molar-refractivity contribution in [2.75, 3.05) is 6.61 Å². The molecule has 0 spiro atoms. The zero-order valence-electron chi connectivity index (χ0n) is 24.1. The minimum absolute atomic E-state index is 0.241. The maximum absolute atomic E-state index is 13.5. The normalized spacial score (nSPS) is 14.7. The van der Waals surface area contributed by atoms with E-state index in [0.29, 0.717) is 18.2 Å². The van der Waals surface area contributed by atoms with E-state index in [0.717, 1.165) is 62.2 Å². The number of aromatic nitrogens is 3. The number of halogens is 1. The predicted octanol–water partition coefficient (Wildman–Crippen LogP) is 9.10. The average Bonchev–Trinajstić information content (AvgIpc) is 3.59. The van der Waals surface area contributed by atoms with Crippen LogP contribution in [0, 0.1) is 12.7 Å². The number of imidazole rings is 1. The highest BCUT2D eigenvalue weighted by Crippen LogP contribution is 2.38. The Bertz CT molecular complexity index is 1700. The summed E-state index contributed by atoms with van der Waals surface area (Å²) >= 11 is 1.59. The zero-order valence-corrected chi connectivity index (χ0v) is 24.9. The van der Waals surface area contributed by atoms with E-state index in [-0.39, 0.29) is 17.9 Å². The van der Waals surface area contributed by atoms with Gasteiger partial charge in [-0.25, -0.2) is 19.2 Å². The molecule has 3 aromatic carbocycles.